The van der Waals surface area contributed by atoms with Crippen LogP contribution in [0.15, 0.2) is 54.1 Å². The van der Waals surface area contributed by atoms with E-state index in [0.29, 0.717) is 13.1 Å². The summed E-state index contributed by atoms with van der Waals surface area (Å²) in [6.45, 7) is 2.70. The highest BCUT2D eigenvalue weighted by atomic mass is 16.6. The Kier molecular flexibility index (Phi) is 5.98. The van der Waals surface area contributed by atoms with Crippen molar-refractivity contribution in [3.05, 3.63) is 80.9 Å². The molecule has 0 spiro atoms. The van der Waals surface area contributed by atoms with Gasteiger partial charge in [-0.3, -0.25) is 19.7 Å². The van der Waals surface area contributed by atoms with Gasteiger partial charge in [0.05, 0.1) is 16.5 Å². The molecule has 0 aromatic heterocycles. The fourth-order valence-corrected chi connectivity index (χ4v) is 3.56. The molecule has 2 aromatic carbocycles. The predicted molar refractivity (Wildman–Crippen MR) is 112 cm³/mol. The van der Waals surface area contributed by atoms with Crippen molar-refractivity contribution >= 4 is 23.1 Å². The number of non-ortho nitro benzene ring substituents is 1. The van der Waals surface area contributed by atoms with Crippen LogP contribution in [-0.2, 0) is 9.59 Å². The standard InChI is InChI=1S/C22H23N3O5/c1-14-7-4-5-10-17(14)19-18(21(27)22(28)24(19)12-11-23(2)3)20(26)15-8-6-9-16(13-15)25(29)30/h4-10,13,19,26H,11-12H2,1-3H3/b20-18+. The Balaban J connectivity index is 2.19. The lowest BCUT2D eigenvalue weighted by atomic mass is 9.92. The number of likely N-dealkylation sites (tertiary alicyclic amines) is 1. The summed E-state index contributed by atoms with van der Waals surface area (Å²) in [4.78, 5) is 39.7. The normalized spacial score (nSPS) is 18.3. The highest BCUT2D eigenvalue weighted by molar-refractivity contribution is 6.46. The Hall–Kier alpha value is -3.52. The van der Waals surface area contributed by atoms with Crippen LogP contribution >= 0.6 is 0 Å². The van der Waals surface area contributed by atoms with Gasteiger partial charge in [0, 0.05) is 30.8 Å². The van der Waals surface area contributed by atoms with E-state index in [-0.39, 0.29) is 16.8 Å². The molecule has 3 rings (SSSR count). The van der Waals surface area contributed by atoms with Crippen LogP contribution in [0.4, 0.5) is 5.69 Å². The number of Topliss-reactive ketones (excluding diaryl/α,β-unsaturated/α-hetero) is 1. The first kappa shape index (κ1) is 21.2. The highest BCUT2D eigenvalue weighted by Crippen LogP contribution is 2.40. The number of hydrogen-bond acceptors (Lipinski definition) is 6. The van der Waals surface area contributed by atoms with Gasteiger partial charge in [-0.1, -0.05) is 36.4 Å². The van der Waals surface area contributed by atoms with Gasteiger partial charge in [-0.2, -0.15) is 0 Å². The van der Waals surface area contributed by atoms with Crippen molar-refractivity contribution in [1.82, 2.24) is 9.80 Å². The molecule has 1 aliphatic rings. The molecule has 30 heavy (non-hydrogen) atoms. The summed E-state index contributed by atoms with van der Waals surface area (Å²) in [6, 6.07) is 12.0. The van der Waals surface area contributed by atoms with E-state index in [1.165, 1.54) is 29.2 Å². The summed E-state index contributed by atoms with van der Waals surface area (Å²) in [5.74, 6) is -1.92. The van der Waals surface area contributed by atoms with Crippen LogP contribution < -0.4 is 0 Å². The minimum absolute atomic E-state index is 0.0615. The van der Waals surface area contributed by atoms with E-state index in [2.05, 4.69) is 0 Å². The third-order valence-corrected chi connectivity index (χ3v) is 5.14. The zero-order chi connectivity index (χ0) is 22.0. The van der Waals surface area contributed by atoms with Gasteiger partial charge in [-0.25, -0.2) is 0 Å². The van der Waals surface area contributed by atoms with Crippen LogP contribution in [0, 0.1) is 17.0 Å². The lowest BCUT2D eigenvalue weighted by Gasteiger charge is -2.27. The van der Waals surface area contributed by atoms with Gasteiger partial charge < -0.3 is 14.9 Å². The van der Waals surface area contributed by atoms with Gasteiger partial charge >= 0.3 is 0 Å². The number of aliphatic hydroxyl groups is 1. The number of amides is 1. The molecule has 1 N–H and O–H groups in total. The summed E-state index contributed by atoms with van der Waals surface area (Å²) in [6.07, 6.45) is 0. The number of nitrogens with zero attached hydrogens (tertiary/aromatic N) is 3. The van der Waals surface area contributed by atoms with E-state index in [0.717, 1.165) is 11.1 Å². The molecule has 2 aromatic rings. The first-order chi connectivity index (χ1) is 14.2. The number of ketones is 1. The molecule has 1 amide bonds. The second-order valence-electron chi connectivity index (χ2n) is 7.46. The van der Waals surface area contributed by atoms with E-state index in [1.807, 2.05) is 50.2 Å². The summed E-state index contributed by atoms with van der Waals surface area (Å²) in [7, 11) is 3.73. The molecule has 8 heteroatoms. The third kappa shape index (κ3) is 3.95. The van der Waals surface area contributed by atoms with Crippen LogP contribution in [0.3, 0.4) is 0 Å². The van der Waals surface area contributed by atoms with Crippen molar-refractivity contribution in [1.29, 1.82) is 0 Å². The number of rotatable bonds is 6. The summed E-state index contributed by atoms with van der Waals surface area (Å²) in [5.41, 5.74) is 1.43. The highest BCUT2D eigenvalue weighted by Gasteiger charge is 2.46. The Bertz CT molecular complexity index is 1040. The van der Waals surface area contributed by atoms with Crippen molar-refractivity contribution in [3.8, 4) is 0 Å². The second kappa shape index (κ2) is 8.46. The van der Waals surface area contributed by atoms with Gasteiger partial charge in [-0.15, -0.1) is 0 Å². The molecule has 1 fully saturated rings. The van der Waals surface area contributed by atoms with E-state index < -0.39 is 28.4 Å². The number of benzene rings is 2. The smallest absolute Gasteiger partial charge is 0.295 e. The summed E-state index contributed by atoms with van der Waals surface area (Å²) >= 11 is 0. The lowest BCUT2D eigenvalue weighted by molar-refractivity contribution is -0.384. The third-order valence-electron chi connectivity index (χ3n) is 5.14. The topological polar surface area (TPSA) is 104 Å². The average molecular weight is 409 g/mol. The molecular formula is C22H23N3O5. The molecule has 0 saturated carbocycles. The summed E-state index contributed by atoms with van der Waals surface area (Å²) < 4.78 is 0. The van der Waals surface area contributed by atoms with Gasteiger partial charge in [0.15, 0.2) is 0 Å². The van der Waals surface area contributed by atoms with E-state index in [9.17, 15) is 24.8 Å². The molecule has 1 aliphatic heterocycles. The first-order valence-corrected chi connectivity index (χ1v) is 9.46. The fraction of sp³-hybridized carbons (Fsp3) is 0.273. The molecule has 1 saturated heterocycles. The number of nitro groups is 1. The van der Waals surface area contributed by atoms with Crippen LogP contribution in [-0.4, -0.2) is 58.7 Å². The van der Waals surface area contributed by atoms with Crippen molar-refractivity contribution in [3.63, 3.8) is 0 Å². The van der Waals surface area contributed by atoms with Crippen molar-refractivity contribution in [2.45, 2.75) is 13.0 Å². The van der Waals surface area contributed by atoms with Crippen LogP contribution in [0.25, 0.3) is 5.76 Å². The maximum absolute atomic E-state index is 12.9. The Morgan fingerprint density at radius 2 is 1.87 bits per heavy atom. The van der Waals surface area contributed by atoms with Crippen molar-refractivity contribution in [2.75, 3.05) is 27.2 Å². The maximum Gasteiger partial charge on any atom is 0.295 e. The molecule has 8 nitrogen and oxygen atoms in total. The van der Waals surface area contributed by atoms with Gasteiger partial charge in [0.25, 0.3) is 17.4 Å². The molecule has 156 valence electrons. The molecule has 1 atom stereocenters. The number of carbonyl (C=O) groups is 2. The lowest BCUT2D eigenvalue weighted by Crippen LogP contribution is -2.35. The summed E-state index contributed by atoms with van der Waals surface area (Å²) in [5, 5.41) is 22.1. The molecule has 1 heterocycles. The Morgan fingerprint density at radius 1 is 1.17 bits per heavy atom. The number of hydrogen-bond donors (Lipinski definition) is 1. The average Bonchev–Trinajstić information content (AvgIpc) is 2.96. The number of likely N-dealkylation sites (N-methyl/N-ethyl adjacent to an activating group) is 1. The monoisotopic (exact) mass is 409 g/mol. The van der Waals surface area contributed by atoms with Crippen molar-refractivity contribution < 1.29 is 19.6 Å². The molecule has 0 bridgehead atoms. The number of aryl methyl sites for hydroxylation is 1. The fourth-order valence-electron chi connectivity index (χ4n) is 3.56. The molecule has 1 unspecified atom stereocenters. The van der Waals surface area contributed by atoms with Crippen molar-refractivity contribution in [2.24, 2.45) is 0 Å². The number of carbonyl (C=O) groups excluding carboxylic acids is 2. The SMILES string of the molecule is Cc1ccccc1C1/C(=C(\O)c2cccc([N+](=O)[O-])c2)C(=O)C(=O)N1CCN(C)C. The number of nitro benzene ring substituents is 1. The first-order valence-electron chi connectivity index (χ1n) is 9.46. The quantitative estimate of drug-likeness (QED) is 0.259. The Labute approximate surface area is 174 Å². The van der Waals surface area contributed by atoms with Crippen LogP contribution in [0.5, 0.6) is 0 Å². The molecular weight excluding hydrogens is 386 g/mol. The predicted octanol–water partition coefficient (Wildman–Crippen LogP) is 2.89. The van der Waals surface area contributed by atoms with Crippen LogP contribution in [0.2, 0.25) is 0 Å². The Morgan fingerprint density at radius 3 is 2.50 bits per heavy atom. The maximum atomic E-state index is 12.9. The van der Waals surface area contributed by atoms with E-state index in [1.54, 1.807) is 0 Å². The van der Waals surface area contributed by atoms with E-state index >= 15 is 0 Å². The minimum Gasteiger partial charge on any atom is -0.507 e. The van der Waals surface area contributed by atoms with E-state index in [4.69, 9.17) is 0 Å². The minimum atomic E-state index is -0.800. The molecule has 0 radical (unpaired) electrons. The largest absolute Gasteiger partial charge is 0.507 e. The number of aliphatic hydroxyl groups excluding tert-OH is 1. The zero-order valence-corrected chi connectivity index (χ0v) is 17.0. The van der Waals surface area contributed by atoms with Gasteiger partial charge in [-0.05, 0) is 32.1 Å². The van der Waals surface area contributed by atoms with Crippen LogP contribution in [0.1, 0.15) is 22.7 Å². The second-order valence-corrected chi connectivity index (χ2v) is 7.46. The molecule has 0 aliphatic carbocycles. The zero-order valence-electron chi connectivity index (χ0n) is 17.0. The van der Waals surface area contributed by atoms with Gasteiger partial charge in [0.2, 0.25) is 0 Å². The van der Waals surface area contributed by atoms with Gasteiger partial charge in [0.1, 0.15) is 5.76 Å².